The topological polar surface area (TPSA) is 81.3 Å². The fourth-order valence-corrected chi connectivity index (χ4v) is 2.51. The Morgan fingerprint density at radius 2 is 2.09 bits per heavy atom. The zero-order chi connectivity index (χ0) is 16.5. The predicted octanol–water partition coefficient (Wildman–Crippen LogP) is 2.78. The van der Waals surface area contributed by atoms with E-state index in [-0.39, 0.29) is 12.1 Å². The van der Waals surface area contributed by atoms with Crippen LogP contribution in [0, 0.1) is 6.92 Å². The van der Waals surface area contributed by atoms with Crippen molar-refractivity contribution in [3.05, 3.63) is 23.4 Å². The second-order valence-corrected chi connectivity index (χ2v) is 6.66. The van der Waals surface area contributed by atoms with Crippen molar-refractivity contribution in [1.29, 1.82) is 0 Å². The van der Waals surface area contributed by atoms with Gasteiger partial charge in [-0.1, -0.05) is 6.08 Å². The molecular weight excluding hydrogens is 280 g/mol. The number of nitrogen functional groups attached to an aromatic ring is 1. The van der Waals surface area contributed by atoms with Crippen molar-refractivity contribution >= 4 is 17.5 Å². The minimum atomic E-state index is -0.486. The molecule has 22 heavy (non-hydrogen) atoms. The molecule has 2 N–H and O–H groups in total. The molecule has 1 atom stereocenters. The van der Waals surface area contributed by atoms with Crippen LogP contribution in [0.25, 0.3) is 5.57 Å². The second-order valence-electron chi connectivity index (χ2n) is 6.66. The quantitative estimate of drug-likeness (QED) is 0.862. The fraction of sp³-hybridized carbons (Fsp3) is 0.562. The highest BCUT2D eigenvalue weighted by molar-refractivity contribution is 5.73. The van der Waals surface area contributed by atoms with Crippen LogP contribution in [0.15, 0.2) is 12.1 Å². The van der Waals surface area contributed by atoms with E-state index in [0.717, 1.165) is 23.3 Å². The van der Waals surface area contributed by atoms with E-state index in [1.807, 2.05) is 46.8 Å². The van der Waals surface area contributed by atoms with Crippen molar-refractivity contribution in [3.63, 3.8) is 0 Å². The van der Waals surface area contributed by atoms with Crippen molar-refractivity contribution in [2.75, 3.05) is 12.3 Å². The smallest absolute Gasteiger partial charge is 0.410 e. The Balaban J connectivity index is 2.17. The molecule has 0 radical (unpaired) electrons. The number of aryl methyl sites for hydroxylation is 1. The van der Waals surface area contributed by atoms with Crippen molar-refractivity contribution in [3.8, 4) is 0 Å². The second kappa shape index (κ2) is 5.94. The SMILES string of the molecule is Cc1cc(N)nnc1C1=C[C@H](C)N(C(=O)OC(C)(C)C)CC1. The molecule has 1 aromatic rings. The number of amides is 1. The lowest BCUT2D eigenvalue weighted by molar-refractivity contribution is 0.0209. The lowest BCUT2D eigenvalue weighted by Gasteiger charge is -2.34. The van der Waals surface area contributed by atoms with Gasteiger partial charge in [-0.15, -0.1) is 10.2 Å². The summed E-state index contributed by atoms with van der Waals surface area (Å²) in [5.74, 6) is 0.418. The summed E-state index contributed by atoms with van der Waals surface area (Å²) in [4.78, 5) is 13.9. The van der Waals surface area contributed by atoms with Crippen LogP contribution in [0.4, 0.5) is 10.6 Å². The van der Waals surface area contributed by atoms with E-state index in [0.29, 0.717) is 12.4 Å². The van der Waals surface area contributed by atoms with Crippen molar-refractivity contribution < 1.29 is 9.53 Å². The Labute approximate surface area is 131 Å². The van der Waals surface area contributed by atoms with Crippen LogP contribution >= 0.6 is 0 Å². The van der Waals surface area contributed by atoms with Crippen LogP contribution in [0.2, 0.25) is 0 Å². The summed E-state index contributed by atoms with van der Waals surface area (Å²) in [6, 6.07) is 1.77. The molecule has 1 aliphatic rings. The highest BCUT2D eigenvalue weighted by atomic mass is 16.6. The zero-order valence-corrected chi connectivity index (χ0v) is 13.9. The molecule has 2 heterocycles. The van der Waals surface area contributed by atoms with E-state index < -0.39 is 5.60 Å². The van der Waals surface area contributed by atoms with E-state index in [4.69, 9.17) is 10.5 Å². The van der Waals surface area contributed by atoms with Crippen LogP contribution in [0.1, 0.15) is 45.4 Å². The minimum absolute atomic E-state index is 0.0441. The molecule has 1 aromatic heterocycles. The number of rotatable bonds is 1. The molecule has 1 amide bonds. The average molecular weight is 304 g/mol. The molecule has 120 valence electrons. The summed E-state index contributed by atoms with van der Waals surface area (Å²) in [7, 11) is 0. The van der Waals surface area contributed by atoms with Gasteiger partial charge in [0, 0.05) is 6.54 Å². The van der Waals surface area contributed by atoms with Gasteiger partial charge in [0.05, 0.1) is 11.7 Å². The van der Waals surface area contributed by atoms with E-state index in [9.17, 15) is 4.79 Å². The first-order valence-electron chi connectivity index (χ1n) is 7.48. The molecule has 0 saturated carbocycles. The van der Waals surface area contributed by atoms with Gasteiger partial charge < -0.3 is 15.4 Å². The van der Waals surface area contributed by atoms with Crippen LogP contribution in [0.5, 0.6) is 0 Å². The molecule has 0 aromatic carbocycles. The lowest BCUT2D eigenvalue weighted by atomic mass is 9.98. The number of hydrogen-bond donors (Lipinski definition) is 1. The van der Waals surface area contributed by atoms with Gasteiger partial charge in [0.2, 0.25) is 0 Å². The zero-order valence-electron chi connectivity index (χ0n) is 13.9. The fourth-order valence-electron chi connectivity index (χ4n) is 2.51. The number of carbonyl (C=O) groups is 1. The maximum Gasteiger partial charge on any atom is 0.410 e. The molecule has 2 rings (SSSR count). The summed E-state index contributed by atoms with van der Waals surface area (Å²) in [6.45, 7) is 10.2. The summed E-state index contributed by atoms with van der Waals surface area (Å²) < 4.78 is 5.44. The van der Waals surface area contributed by atoms with E-state index in [1.54, 1.807) is 4.90 Å². The average Bonchev–Trinajstić information content (AvgIpc) is 2.36. The van der Waals surface area contributed by atoms with Crippen molar-refractivity contribution in [2.45, 2.75) is 52.7 Å². The van der Waals surface area contributed by atoms with Gasteiger partial charge in [0.15, 0.2) is 0 Å². The van der Waals surface area contributed by atoms with Gasteiger partial charge >= 0.3 is 6.09 Å². The maximum atomic E-state index is 12.2. The summed E-state index contributed by atoms with van der Waals surface area (Å²) in [5, 5.41) is 8.11. The van der Waals surface area contributed by atoms with Gasteiger partial charge in [-0.3, -0.25) is 0 Å². The normalized spacial score (nSPS) is 18.9. The molecule has 6 heteroatoms. The highest BCUT2D eigenvalue weighted by Crippen LogP contribution is 2.27. The maximum absolute atomic E-state index is 12.2. The molecular formula is C16H24N4O2. The molecule has 0 saturated heterocycles. The first-order chi connectivity index (χ1) is 10.2. The Morgan fingerprint density at radius 1 is 1.41 bits per heavy atom. The van der Waals surface area contributed by atoms with Crippen molar-refractivity contribution in [1.82, 2.24) is 15.1 Å². The van der Waals surface area contributed by atoms with Crippen molar-refractivity contribution in [2.24, 2.45) is 0 Å². The van der Waals surface area contributed by atoms with Crippen LogP contribution in [0.3, 0.4) is 0 Å². The van der Waals surface area contributed by atoms with Gasteiger partial charge in [-0.25, -0.2) is 4.79 Å². The molecule has 0 spiro atoms. The molecule has 0 aliphatic carbocycles. The highest BCUT2D eigenvalue weighted by Gasteiger charge is 2.28. The number of ether oxygens (including phenoxy) is 1. The number of carbonyl (C=O) groups excluding carboxylic acids is 1. The van der Waals surface area contributed by atoms with Crippen LogP contribution in [-0.2, 0) is 4.74 Å². The third kappa shape index (κ3) is 3.75. The van der Waals surface area contributed by atoms with Crippen LogP contribution < -0.4 is 5.73 Å². The minimum Gasteiger partial charge on any atom is -0.444 e. The molecule has 0 bridgehead atoms. The molecule has 6 nitrogen and oxygen atoms in total. The third-order valence-corrected chi connectivity index (χ3v) is 3.49. The standard InChI is InChI=1S/C16H24N4O2/c1-10-8-13(17)18-19-14(10)12-6-7-20(11(2)9-12)15(21)22-16(3,4)5/h8-9,11H,6-7H2,1-5H3,(H2,17,18)/t11-/m0/s1. The Kier molecular flexibility index (Phi) is 4.39. The van der Waals surface area contributed by atoms with Gasteiger partial charge in [0.1, 0.15) is 11.4 Å². The monoisotopic (exact) mass is 304 g/mol. The Hall–Kier alpha value is -2.11. The molecule has 0 unspecified atom stereocenters. The number of nitrogens with two attached hydrogens (primary N) is 1. The molecule has 0 fully saturated rings. The summed E-state index contributed by atoms with van der Waals surface area (Å²) in [5.41, 5.74) is 8.10. The number of nitrogens with zero attached hydrogens (tertiary/aromatic N) is 3. The van der Waals surface area contributed by atoms with Gasteiger partial charge in [-0.2, -0.15) is 0 Å². The summed E-state index contributed by atoms with van der Waals surface area (Å²) in [6.07, 6.45) is 2.49. The Morgan fingerprint density at radius 3 is 2.64 bits per heavy atom. The number of aromatic nitrogens is 2. The van der Waals surface area contributed by atoms with E-state index in [2.05, 4.69) is 10.2 Å². The largest absolute Gasteiger partial charge is 0.444 e. The number of hydrogen-bond acceptors (Lipinski definition) is 5. The third-order valence-electron chi connectivity index (χ3n) is 3.49. The first-order valence-corrected chi connectivity index (χ1v) is 7.48. The van der Waals surface area contributed by atoms with E-state index in [1.165, 1.54) is 0 Å². The van der Waals surface area contributed by atoms with Gasteiger partial charge in [0.25, 0.3) is 0 Å². The lowest BCUT2D eigenvalue weighted by Crippen LogP contribution is -2.43. The molecule has 1 aliphatic heterocycles. The predicted molar refractivity (Wildman–Crippen MR) is 86.2 cm³/mol. The van der Waals surface area contributed by atoms with E-state index >= 15 is 0 Å². The summed E-state index contributed by atoms with van der Waals surface area (Å²) >= 11 is 0. The Bertz CT molecular complexity index is 605. The van der Waals surface area contributed by atoms with Crippen LogP contribution in [-0.4, -0.2) is 39.4 Å². The van der Waals surface area contributed by atoms with Gasteiger partial charge in [-0.05, 0) is 58.2 Å². The first kappa shape index (κ1) is 16.3. The number of anilines is 1.